The summed E-state index contributed by atoms with van der Waals surface area (Å²) < 4.78 is 6.15. The van der Waals surface area contributed by atoms with Gasteiger partial charge in [-0.05, 0) is 43.6 Å². The fourth-order valence-corrected chi connectivity index (χ4v) is 3.25. The number of nitrogens with zero attached hydrogens (tertiary/aromatic N) is 5. The van der Waals surface area contributed by atoms with Gasteiger partial charge in [-0.1, -0.05) is 0 Å². The quantitative estimate of drug-likeness (QED) is 0.796. The lowest BCUT2D eigenvalue weighted by Gasteiger charge is -2.40. The fraction of sp³-hybridized carbons (Fsp3) is 0.600. The minimum absolute atomic E-state index is 0.103. The van der Waals surface area contributed by atoms with Crippen molar-refractivity contribution in [2.75, 3.05) is 24.5 Å². The predicted octanol–water partition coefficient (Wildman–Crippen LogP) is 2.56. The number of rotatable bonds is 1. The monoisotopic (exact) mass is 396 g/mol. The number of ether oxygens (including phenoxy) is 1. The highest BCUT2D eigenvalue weighted by atomic mass is 79.9. The van der Waals surface area contributed by atoms with Crippen LogP contribution in [0.4, 0.5) is 10.6 Å². The SMILES string of the molecule is C[C@H]1CN(C(=O)OC(C)(C)C)CCN1c1ncnc2[nH]nc(Br)c12. The number of amides is 1. The molecular formula is C15H21BrN6O2. The van der Waals surface area contributed by atoms with Crippen LogP contribution in [0.3, 0.4) is 0 Å². The molecule has 1 N–H and O–H groups in total. The normalized spacial score (nSPS) is 19.0. The number of aromatic amines is 1. The van der Waals surface area contributed by atoms with Gasteiger partial charge in [-0.3, -0.25) is 5.10 Å². The van der Waals surface area contributed by atoms with E-state index >= 15 is 0 Å². The second kappa shape index (κ2) is 6.19. The summed E-state index contributed by atoms with van der Waals surface area (Å²) in [5.41, 5.74) is 0.200. The molecule has 0 spiro atoms. The number of aromatic nitrogens is 4. The maximum atomic E-state index is 12.3. The Hall–Kier alpha value is -1.90. The maximum Gasteiger partial charge on any atom is 0.410 e. The van der Waals surface area contributed by atoms with Crippen molar-refractivity contribution < 1.29 is 9.53 Å². The number of halogens is 1. The molecule has 0 aliphatic carbocycles. The summed E-state index contributed by atoms with van der Waals surface area (Å²) in [5, 5.41) is 7.87. The number of hydrogen-bond acceptors (Lipinski definition) is 6. The van der Waals surface area contributed by atoms with Gasteiger partial charge in [0.1, 0.15) is 22.3 Å². The lowest BCUT2D eigenvalue weighted by Crippen LogP contribution is -2.54. The topological polar surface area (TPSA) is 87.2 Å². The van der Waals surface area contributed by atoms with Crippen LogP contribution in [0.25, 0.3) is 11.0 Å². The van der Waals surface area contributed by atoms with Crippen LogP contribution < -0.4 is 4.90 Å². The molecular weight excluding hydrogens is 376 g/mol. The smallest absolute Gasteiger partial charge is 0.410 e. The third-order valence-corrected chi connectivity index (χ3v) is 4.42. The highest BCUT2D eigenvalue weighted by molar-refractivity contribution is 9.10. The molecule has 3 heterocycles. The first-order chi connectivity index (χ1) is 11.3. The van der Waals surface area contributed by atoms with Crippen LogP contribution in [0.5, 0.6) is 0 Å². The van der Waals surface area contributed by atoms with Gasteiger partial charge in [0.05, 0.1) is 5.39 Å². The Morgan fingerprint density at radius 1 is 1.38 bits per heavy atom. The molecule has 0 bridgehead atoms. The molecule has 1 aliphatic rings. The van der Waals surface area contributed by atoms with Crippen molar-refractivity contribution in [1.29, 1.82) is 0 Å². The lowest BCUT2D eigenvalue weighted by molar-refractivity contribution is 0.0218. The Labute approximate surface area is 148 Å². The zero-order valence-corrected chi connectivity index (χ0v) is 15.8. The Morgan fingerprint density at radius 2 is 2.12 bits per heavy atom. The molecule has 9 heteroatoms. The average Bonchev–Trinajstić information content (AvgIpc) is 2.87. The minimum atomic E-state index is -0.488. The van der Waals surface area contributed by atoms with Crippen molar-refractivity contribution >= 4 is 38.9 Å². The molecule has 24 heavy (non-hydrogen) atoms. The van der Waals surface area contributed by atoms with E-state index in [0.29, 0.717) is 29.9 Å². The minimum Gasteiger partial charge on any atom is -0.444 e. The third kappa shape index (κ3) is 3.31. The van der Waals surface area contributed by atoms with Gasteiger partial charge in [-0.2, -0.15) is 5.10 Å². The van der Waals surface area contributed by atoms with Crippen molar-refractivity contribution in [2.24, 2.45) is 0 Å². The molecule has 0 aromatic carbocycles. The molecule has 2 aromatic rings. The first-order valence-electron chi connectivity index (χ1n) is 7.85. The van der Waals surface area contributed by atoms with Gasteiger partial charge in [0.25, 0.3) is 0 Å². The number of carbonyl (C=O) groups is 1. The molecule has 0 saturated carbocycles. The van der Waals surface area contributed by atoms with Crippen molar-refractivity contribution in [3.63, 3.8) is 0 Å². The van der Waals surface area contributed by atoms with Crippen LogP contribution in [-0.4, -0.2) is 62.4 Å². The lowest BCUT2D eigenvalue weighted by atomic mass is 10.1. The molecule has 1 atom stereocenters. The second-order valence-electron chi connectivity index (χ2n) is 6.90. The number of nitrogens with one attached hydrogen (secondary N) is 1. The van der Waals surface area contributed by atoms with Crippen LogP contribution in [-0.2, 0) is 4.74 Å². The van der Waals surface area contributed by atoms with E-state index in [9.17, 15) is 4.79 Å². The highest BCUT2D eigenvalue weighted by Crippen LogP contribution is 2.30. The van der Waals surface area contributed by atoms with Gasteiger partial charge in [-0.25, -0.2) is 14.8 Å². The number of piperazine rings is 1. The number of fused-ring (bicyclic) bond motifs is 1. The average molecular weight is 397 g/mol. The van der Waals surface area contributed by atoms with Gasteiger partial charge < -0.3 is 14.5 Å². The second-order valence-corrected chi connectivity index (χ2v) is 7.66. The van der Waals surface area contributed by atoms with Crippen LogP contribution in [0, 0.1) is 0 Å². The summed E-state index contributed by atoms with van der Waals surface area (Å²) in [4.78, 5) is 24.8. The number of carbonyl (C=O) groups excluding carboxylic acids is 1. The van der Waals surface area contributed by atoms with Crippen LogP contribution in [0.1, 0.15) is 27.7 Å². The summed E-state index contributed by atoms with van der Waals surface area (Å²) in [5.74, 6) is 0.817. The van der Waals surface area contributed by atoms with Crippen molar-refractivity contribution in [3.05, 3.63) is 10.9 Å². The largest absolute Gasteiger partial charge is 0.444 e. The zero-order chi connectivity index (χ0) is 17.5. The Morgan fingerprint density at radius 3 is 2.79 bits per heavy atom. The van der Waals surface area contributed by atoms with Crippen LogP contribution in [0.2, 0.25) is 0 Å². The van der Waals surface area contributed by atoms with E-state index in [4.69, 9.17) is 4.74 Å². The van der Waals surface area contributed by atoms with E-state index in [-0.39, 0.29) is 12.1 Å². The molecule has 2 aromatic heterocycles. The van der Waals surface area contributed by atoms with Gasteiger partial charge in [0.2, 0.25) is 0 Å². The van der Waals surface area contributed by atoms with Gasteiger partial charge in [0, 0.05) is 25.7 Å². The fourth-order valence-electron chi connectivity index (χ4n) is 2.79. The Balaban J connectivity index is 1.79. The number of anilines is 1. The van der Waals surface area contributed by atoms with Crippen molar-refractivity contribution in [2.45, 2.75) is 39.3 Å². The number of H-pyrrole nitrogens is 1. The standard InChI is InChI=1S/C15H21BrN6O2/c1-9-7-21(14(23)24-15(2,3)4)5-6-22(9)13-10-11(16)19-20-12(10)17-8-18-13/h8-9H,5-7H2,1-4H3,(H,17,18,19,20)/t9-/m0/s1. The molecule has 8 nitrogen and oxygen atoms in total. The molecule has 3 rings (SSSR count). The molecule has 1 aliphatic heterocycles. The van der Waals surface area contributed by atoms with Crippen LogP contribution >= 0.6 is 15.9 Å². The maximum absolute atomic E-state index is 12.3. The highest BCUT2D eigenvalue weighted by Gasteiger charge is 2.31. The Kier molecular flexibility index (Phi) is 4.37. The van der Waals surface area contributed by atoms with E-state index in [1.165, 1.54) is 6.33 Å². The molecule has 1 saturated heterocycles. The predicted molar refractivity (Wildman–Crippen MR) is 94.0 cm³/mol. The van der Waals surface area contributed by atoms with E-state index in [2.05, 4.69) is 47.9 Å². The van der Waals surface area contributed by atoms with E-state index in [0.717, 1.165) is 11.2 Å². The zero-order valence-electron chi connectivity index (χ0n) is 14.2. The molecule has 1 amide bonds. The molecule has 1 fully saturated rings. The summed E-state index contributed by atoms with van der Waals surface area (Å²) >= 11 is 3.44. The van der Waals surface area contributed by atoms with Gasteiger partial charge in [-0.15, -0.1) is 0 Å². The van der Waals surface area contributed by atoms with E-state index in [1.54, 1.807) is 4.90 Å². The van der Waals surface area contributed by atoms with Gasteiger partial charge in [0.15, 0.2) is 5.65 Å². The summed E-state index contributed by atoms with van der Waals surface area (Å²) in [6.07, 6.45) is 1.25. The summed E-state index contributed by atoms with van der Waals surface area (Å²) in [6.45, 7) is 9.52. The Bertz CT molecular complexity index is 756. The molecule has 0 radical (unpaired) electrons. The van der Waals surface area contributed by atoms with Crippen molar-refractivity contribution in [3.8, 4) is 0 Å². The molecule has 0 unspecified atom stereocenters. The molecule has 130 valence electrons. The summed E-state index contributed by atoms with van der Waals surface area (Å²) in [7, 11) is 0. The van der Waals surface area contributed by atoms with Gasteiger partial charge >= 0.3 is 6.09 Å². The first kappa shape index (κ1) is 16.9. The van der Waals surface area contributed by atoms with Crippen molar-refractivity contribution in [1.82, 2.24) is 25.1 Å². The first-order valence-corrected chi connectivity index (χ1v) is 8.64. The van der Waals surface area contributed by atoms with Crippen LogP contribution in [0.15, 0.2) is 10.9 Å². The number of hydrogen-bond donors (Lipinski definition) is 1. The summed E-state index contributed by atoms with van der Waals surface area (Å²) in [6, 6.07) is 0.103. The van der Waals surface area contributed by atoms with E-state index < -0.39 is 5.60 Å². The van der Waals surface area contributed by atoms with E-state index in [1.807, 2.05) is 20.8 Å². The third-order valence-electron chi connectivity index (χ3n) is 3.84.